The number of nitrogens with zero attached hydrogens (tertiary/aromatic N) is 3. The molecule has 7 aromatic rings. The molecule has 0 saturated carbocycles. The van der Waals surface area contributed by atoms with Crippen molar-refractivity contribution in [3.63, 3.8) is 0 Å². The number of hydrogen-bond donors (Lipinski definition) is 0. The fourth-order valence-electron chi connectivity index (χ4n) is 5.89. The number of benzene rings is 6. The topological polar surface area (TPSA) is 29.6 Å². The maximum absolute atomic E-state index is 5.40. The monoisotopic (exact) mass is 605 g/mol. The van der Waals surface area contributed by atoms with E-state index in [-0.39, 0.29) is 0 Å². The van der Waals surface area contributed by atoms with Crippen LogP contribution in [0.25, 0.3) is 55.9 Å². The molecule has 1 aromatic heterocycles. The summed E-state index contributed by atoms with van der Waals surface area (Å²) in [4.78, 5) is 5.40. The minimum atomic E-state index is 0.834. The molecule has 0 aliphatic carbocycles. The first kappa shape index (κ1) is 29.6. The maximum atomic E-state index is 5.40. The van der Waals surface area contributed by atoms with Gasteiger partial charge in [-0.25, -0.2) is 4.68 Å². The molecule has 0 aliphatic heterocycles. The molecule has 0 saturated heterocycles. The van der Waals surface area contributed by atoms with Gasteiger partial charge in [0.1, 0.15) is 0 Å². The Hall–Kier alpha value is -6.06. The molecule has 0 atom stereocenters. The highest BCUT2D eigenvalue weighted by atomic mass is 15.4. The van der Waals surface area contributed by atoms with Crippen molar-refractivity contribution in [1.29, 1.82) is 0 Å². The zero-order valence-electron chi connectivity index (χ0n) is 26.6. The normalized spacial score (nSPS) is 11.9. The van der Waals surface area contributed by atoms with E-state index in [2.05, 4.69) is 171 Å². The molecule has 0 fully saturated rings. The van der Waals surface area contributed by atoms with Crippen LogP contribution in [0.4, 0.5) is 5.69 Å². The highest BCUT2D eigenvalue weighted by Gasteiger charge is 2.17. The van der Waals surface area contributed by atoms with E-state index in [0.29, 0.717) is 0 Å². The molecule has 0 bridgehead atoms. The molecule has 0 radical (unpaired) electrons. The third kappa shape index (κ3) is 6.38. The summed E-state index contributed by atoms with van der Waals surface area (Å²) in [6.07, 6.45) is 0. The van der Waals surface area contributed by atoms with Crippen molar-refractivity contribution in [2.24, 2.45) is 10.1 Å². The van der Waals surface area contributed by atoms with Gasteiger partial charge in [-0.3, -0.25) is 4.99 Å². The third-order valence-corrected chi connectivity index (χ3v) is 8.43. The second-order valence-corrected chi connectivity index (χ2v) is 11.5. The average molecular weight is 606 g/mol. The smallest absolute Gasteiger partial charge is 0.0794 e. The summed E-state index contributed by atoms with van der Waals surface area (Å²) in [5.74, 6) is 0. The van der Waals surface area contributed by atoms with Gasteiger partial charge >= 0.3 is 0 Å². The summed E-state index contributed by atoms with van der Waals surface area (Å²) in [6.45, 7) is 4.10. The highest BCUT2D eigenvalue weighted by Crippen LogP contribution is 2.43. The van der Waals surface area contributed by atoms with Crippen LogP contribution in [0.1, 0.15) is 13.8 Å². The molecule has 47 heavy (non-hydrogen) atoms. The van der Waals surface area contributed by atoms with Gasteiger partial charge in [-0.05, 0) is 60.4 Å². The van der Waals surface area contributed by atoms with E-state index in [1.54, 1.807) is 0 Å². The molecule has 3 heteroatoms. The largest absolute Gasteiger partial charge is 0.250 e. The quantitative estimate of drug-likeness (QED) is 0.154. The van der Waals surface area contributed by atoms with Crippen LogP contribution in [0, 0.1) is 0 Å². The molecule has 3 nitrogen and oxygen atoms in total. The van der Waals surface area contributed by atoms with Gasteiger partial charge in [-0.1, -0.05) is 152 Å². The molecule has 1 heterocycles. The third-order valence-electron chi connectivity index (χ3n) is 8.43. The van der Waals surface area contributed by atoms with Crippen molar-refractivity contribution >= 4 is 17.1 Å². The van der Waals surface area contributed by atoms with E-state index in [9.17, 15) is 0 Å². The Morgan fingerprint density at radius 1 is 0.383 bits per heavy atom. The SMILES string of the molecule is CC(=Nc1c(-c2ccccc2)cc(-c2ccccc2)cc1-c1ccccc1)C(C)=Nn1c(-c2ccccc2)ccc1-c1ccccc1. The lowest BCUT2D eigenvalue weighted by atomic mass is 9.91. The lowest BCUT2D eigenvalue weighted by Crippen LogP contribution is -2.09. The summed E-state index contributed by atoms with van der Waals surface area (Å²) < 4.78 is 2.05. The summed E-state index contributed by atoms with van der Waals surface area (Å²) in [7, 11) is 0. The van der Waals surface area contributed by atoms with E-state index in [1.807, 2.05) is 23.7 Å². The van der Waals surface area contributed by atoms with Gasteiger partial charge in [-0.2, -0.15) is 5.10 Å². The standard InChI is InChI=1S/C44H35N3/c1-32(33(2)46-47-42(37-24-14-6-15-25-37)28-29-43(47)38-26-16-7-17-27-38)45-44-40(35-20-10-4-11-21-35)30-39(34-18-8-3-9-19-34)31-41(44)36-22-12-5-13-23-36/h3-31H,1-2H3. The number of aromatic nitrogens is 1. The van der Waals surface area contributed by atoms with Gasteiger partial charge in [0.25, 0.3) is 0 Å². The van der Waals surface area contributed by atoms with Gasteiger partial charge in [0.2, 0.25) is 0 Å². The Bertz CT molecular complexity index is 2040. The van der Waals surface area contributed by atoms with Crippen LogP contribution in [-0.4, -0.2) is 16.1 Å². The number of rotatable bonds is 8. The number of hydrogen-bond acceptors (Lipinski definition) is 2. The average Bonchev–Trinajstić information content (AvgIpc) is 3.56. The molecular formula is C44H35N3. The van der Waals surface area contributed by atoms with Crippen LogP contribution in [-0.2, 0) is 0 Å². The first-order valence-electron chi connectivity index (χ1n) is 15.9. The van der Waals surface area contributed by atoms with Crippen LogP contribution < -0.4 is 0 Å². The minimum absolute atomic E-state index is 0.834. The van der Waals surface area contributed by atoms with Crippen LogP contribution in [0.3, 0.4) is 0 Å². The fourth-order valence-corrected chi connectivity index (χ4v) is 5.89. The predicted octanol–water partition coefficient (Wildman–Crippen LogP) is 11.8. The van der Waals surface area contributed by atoms with E-state index in [4.69, 9.17) is 10.1 Å². The Kier molecular flexibility index (Phi) is 8.52. The summed E-state index contributed by atoms with van der Waals surface area (Å²) >= 11 is 0. The van der Waals surface area contributed by atoms with Crippen molar-refractivity contribution in [3.05, 3.63) is 176 Å². The molecular weight excluding hydrogens is 571 g/mol. The first-order valence-corrected chi connectivity index (χ1v) is 15.9. The van der Waals surface area contributed by atoms with Crippen molar-refractivity contribution in [3.8, 4) is 55.9 Å². The molecule has 226 valence electrons. The van der Waals surface area contributed by atoms with Crippen molar-refractivity contribution in [2.45, 2.75) is 13.8 Å². The van der Waals surface area contributed by atoms with Gasteiger partial charge in [-0.15, -0.1) is 0 Å². The Morgan fingerprint density at radius 2 is 0.745 bits per heavy atom. The molecule has 0 unspecified atom stereocenters. The van der Waals surface area contributed by atoms with Crippen LogP contribution in [0.2, 0.25) is 0 Å². The van der Waals surface area contributed by atoms with E-state index < -0.39 is 0 Å². The van der Waals surface area contributed by atoms with Gasteiger partial charge < -0.3 is 0 Å². The summed E-state index contributed by atoms with van der Waals surface area (Å²) in [5.41, 5.74) is 13.6. The van der Waals surface area contributed by atoms with Crippen molar-refractivity contribution < 1.29 is 0 Å². The lowest BCUT2D eigenvalue weighted by molar-refractivity contribution is 0.907. The van der Waals surface area contributed by atoms with E-state index in [1.165, 1.54) is 5.56 Å². The fraction of sp³-hybridized carbons (Fsp3) is 0.0455. The molecule has 0 aliphatic rings. The van der Waals surface area contributed by atoms with Crippen molar-refractivity contribution in [1.82, 2.24) is 4.68 Å². The van der Waals surface area contributed by atoms with E-state index in [0.717, 1.165) is 67.4 Å². The summed E-state index contributed by atoms with van der Waals surface area (Å²) in [5, 5.41) is 5.24. The van der Waals surface area contributed by atoms with Gasteiger partial charge in [0, 0.05) is 22.3 Å². The maximum Gasteiger partial charge on any atom is 0.0794 e. The predicted molar refractivity (Wildman–Crippen MR) is 199 cm³/mol. The highest BCUT2D eigenvalue weighted by molar-refractivity contribution is 6.41. The van der Waals surface area contributed by atoms with E-state index >= 15 is 0 Å². The Labute approximate surface area is 276 Å². The molecule has 6 aromatic carbocycles. The molecule has 0 amide bonds. The Morgan fingerprint density at radius 3 is 1.15 bits per heavy atom. The van der Waals surface area contributed by atoms with Crippen molar-refractivity contribution in [2.75, 3.05) is 0 Å². The lowest BCUT2D eigenvalue weighted by Gasteiger charge is -2.17. The number of aliphatic imine (C=N–C) groups is 1. The molecule has 0 spiro atoms. The zero-order valence-corrected chi connectivity index (χ0v) is 26.6. The Balaban J connectivity index is 1.42. The molecule has 7 rings (SSSR count). The van der Waals surface area contributed by atoms with Gasteiger partial charge in [0.15, 0.2) is 0 Å². The summed E-state index contributed by atoms with van der Waals surface area (Å²) in [6, 6.07) is 61.3. The van der Waals surface area contributed by atoms with Crippen LogP contribution in [0.5, 0.6) is 0 Å². The second kappa shape index (κ2) is 13.5. The van der Waals surface area contributed by atoms with Crippen LogP contribution in [0.15, 0.2) is 186 Å². The van der Waals surface area contributed by atoms with Crippen LogP contribution >= 0.6 is 0 Å². The van der Waals surface area contributed by atoms with Gasteiger partial charge in [0.05, 0.1) is 28.5 Å². The minimum Gasteiger partial charge on any atom is -0.250 e. The second-order valence-electron chi connectivity index (χ2n) is 11.5. The first-order chi connectivity index (χ1) is 23.2. The molecule has 0 N–H and O–H groups in total. The zero-order chi connectivity index (χ0) is 32.0.